The molecular formula is C26H36N2O2. The number of hydrogen-bond donors (Lipinski definition) is 0. The van der Waals surface area contributed by atoms with Crippen molar-refractivity contribution in [2.45, 2.75) is 79.1 Å². The summed E-state index contributed by atoms with van der Waals surface area (Å²) in [6.07, 6.45) is 9.56. The quantitative estimate of drug-likeness (QED) is 0.233. The van der Waals surface area contributed by atoms with Gasteiger partial charge in [0, 0.05) is 34.3 Å². The molecule has 4 nitrogen and oxygen atoms in total. The molecule has 0 amide bonds. The third-order valence-electron chi connectivity index (χ3n) is 5.45. The molecule has 0 spiro atoms. The second-order valence-electron chi connectivity index (χ2n) is 8.20. The van der Waals surface area contributed by atoms with Crippen molar-refractivity contribution in [3.63, 3.8) is 0 Å². The zero-order valence-corrected chi connectivity index (χ0v) is 19.1. The summed E-state index contributed by atoms with van der Waals surface area (Å²) >= 11 is 0. The Labute approximate surface area is 181 Å². The van der Waals surface area contributed by atoms with Crippen molar-refractivity contribution in [1.82, 2.24) is 9.97 Å². The first-order valence-electron chi connectivity index (χ1n) is 11.6. The summed E-state index contributed by atoms with van der Waals surface area (Å²) in [6, 6.07) is 8.28. The van der Waals surface area contributed by atoms with Crippen molar-refractivity contribution in [2.75, 3.05) is 13.2 Å². The van der Waals surface area contributed by atoms with Gasteiger partial charge in [-0.15, -0.1) is 0 Å². The van der Waals surface area contributed by atoms with E-state index >= 15 is 0 Å². The number of ether oxygens (including phenoxy) is 2. The zero-order chi connectivity index (χ0) is 21.3. The third-order valence-corrected chi connectivity index (χ3v) is 5.45. The number of benzene rings is 1. The number of hydrogen-bond acceptors (Lipinski definition) is 4. The molecule has 0 atom stereocenters. The number of pyridine rings is 2. The largest absolute Gasteiger partial charge is 0.493 e. The number of fused-ring (bicyclic) bond motifs is 3. The SMILES string of the molecule is CCCCCCOc1cc(C)nc2c1ccc1c(OCCCCCC)cc(C)nc12. The molecule has 0 radical (unpaired) electrons. The Morgan fingerprint density at radius 1 is 0.633 bits per heavy atom. The van der Waals surface area contributed by atoms with Crippen LogP contribution >= 0.6 is 0 Å². The summed E-state index contributed by atoms with van der Waals surface area (Å²) in [5, 5.41) is 2.05. The molecule has 2 heterocycles. The van der Waals surface area contributed by atoms with E-state index in [4.69, 9.17) is 19.4 Å². The highest BCUT2D eigenvalue weighted by atomic mass is 16.5. The predicted molar refractivity (Wildman–Crippen MR) is 126 cm³/mol. The molecule has 0 N–H and O–H groups in total. The molecule has 1 aromatic carbocycles. The van der Waals surface area contributed by atoms with Crippen LogP contribution in [0.5, 0.6) is 11.5 Å². The first-order chi connectivity index (χ1) is 14.6. The summed E-state index contributed by atoms with van der Waals surface area (Å²) in [5.41, 5.74) is 3.69. The summed E-state index contributed by atoms with van der Waals surface area (Å²) < 4.78 is 12.3. The number of aryl methyl sites for hydroxylation is 2. The number of rotatable bonds is 12. The summed E-state index contributed by atoms with van der Waals surface area (Å²) in [5.74, 6) is 1.81. The van der Waals surface area contributed by atoms with Gasteiger partial charge in [0.2, 0.25) is 0 Å². The van der Waals surface area contributed by atoms with Crippen molar-refractivity contribution in [1.29, 1.82) is 0 Å². The van der Waals surface area contributed by atoms with Crippen LogP contribution in [0.3, 0.4) is 0 Å². The Morgan fingerprint density at radius 2 is 1.07 bits per heavy atom. The lowest BCUT2D eigenvalue weighted by atomic mass is 10.1. The van der Waals surface area contributed by atoms with Crippen LogP contribution in [0.25, 0.3) is 21.8 Å². The summed E-state index contributed by atoms with van der Waals surface area (Å²) in [6.45, 7) is 9.97. The summed E-state index contributed by atoms with van der Waals surface area (Å²) in [4.78, 5) is 9.65. The maximum atomic E-state index is 6.16. The Bertz CT molecular complexity index is 890. The maximum absolute atomic E-state index is 6.16. The Balaban J connectivity index is 1.90. The molecule has 0 unspecified atom stereocenters. The van der Waals surface area contributed by atoms with Gasteiger partial charge in [0.25, 0.3) is 0 Å². The van der Waals surface area contributed by atoms with Crippen molar-refractivity contribution in [3.8, 4) is 11.5 Å². The topological polar surface area (TPSA) is 44.2 Å². The zero-order valence-electron chi connectivity index (χ0n) is 19.1. The van der Waals surface area contributed by atoms with Gasteiger partial charge in [0.05, 0.1) is 13.2 Å². The molecule has 0 fully saturated rings. The molecular weight excluding hydrogens is 372 g/mol. The van der Waals surface area contributed by atoms with E-state index in [1.165, 1.54) is 38.5 Å². The normalized spacial score (nSPS) is 11.3. The number of unbranched alkanes of at least 4 members (excludes halogenated alkanes) is 6. The first-order valence-corrected chi connectivity index (χ1v) is 11.6. The minimum atomic E-state index is 0.740. The van der Waals surface area contributed by atoms with Gasteiger partial charge >= 0.3 is 0 Å². The molecule has 2 aromatic heterocycles. The van der Waals surface area contributed by atoms with E-state index in [9.17, 15) is 0 Å². The Hall–Kier alpha value is -2.36. The van der Waals surface area contributed by atoms with Gasteiger partial charge in [-0.05, 0) is 38.8 Å². The molecule has 3 aromatic rings. The van der Waals surface area contributed by atoms with Crippen LogP contribution in [0, 0.1) is 13.8 Å². The minimum absolute atomic E-state index is 0.740. The van der Waals surface area contributed by atoms with E-state index in [0.29, 0.717) is 0 Å². The average molecular weight is 409 g/mol. The molecule has 3 rings (SSSR count). The van der Waals surface area contributed by atoms with Crippen LogP contribution in [-0.4, -0.2) is 23.2 Å². The lowest BCUT2D eigenvalue weighted by Gasteiger charge is -2.14. The fourth-order valence-corrected chi connectivity index (χ4v) is 3.82. The monoisotopic (exact) mass is 408 g/mol. The highest BCUT2D eigenvalue weighted by Gasteiger charge is 2.14. The van der Waals surface area contributed by atoms with Crippen LogP contribution in [0.1, 0.15) is 76.6 Å². The van der Waals surface area contributed by atoms with Gasteiger partial charge in [0.15, 0.2) is 0 Å². The minimum Gasteiger partial charge on any atom is -0.493 e. The molecule has 162 valence electrons. The van der Waals surface area contributed by atoms with Gasteiger partial charge in [-0.1, -0.05) is 52.4 Å². The van der Waals surface area contributed by atoms with Gasteiger partial charge in [-0.2, -0.15) is 0 Å². The standard InChI is InChI=1S/C26H36N2O2/c1-5-7-9-11-15-29-23-17-19(3)27-25-21(23)13-14-22-24(18-20(4)28-26(22)25)30-16-12-10-8-6-2/h13-14,17-18H,5-12,15-16H2,1-4H3. The first kappa shape index (κ1) is 22.3. The Morgan fingerprint density at radius 3 is 1.47 bits per heavy atom. The molecule has 0 aliphatic rings. The number of aromatic nitrogens is 2. The van der Waals surface area contributed by atoms with E-state index in [0.717, 1.165) is 70.7 Å². The molecule has 0 saturated heterocycles. The van der Waals surface area contributed by atoms with Crippen molar-refractivity contribution in [3.05, 3.63) is 35.7 Å². The molecule has 0 aliphatic carbocycles. The predicted octanol–water partition coefficient (Wildman–Crippen LogP) is 7.32. The van der Waals surface area contributed by atoms with Crippen LogP contribution in [-0.2, 0) is 0 Å². The van der Waals surface area contributed by atoms with Gasteiger partial charge in [0.1, 0.15) is 22.5 Å². The van der Waals surface area contributed by atoms with Crippen LogP contribution in [0.4, 0.5) is 0 Å². The molecule has 0 aliphatic heterocycles. The van der Waals surface area contributed by atoms with Gasteiger partial charge < -0.3 is 9.47 Å². The highest BCUT2D eigenvalue weighted by Crippen LogP contribution is 2.34. The molecule has 4 heteroatoms. The van der Waals surface area contributed by atoms with Crippen molar-refractivity contribution < 1.29 is 9.47 Å². The molecule has 0 bridgehead atoms. The maximum Gasteiger partial charge on any atom is 0.130 e. The second-order valence-corrected chi connectivity index (χ2v) is 8.20. The van der Waals surface area contributed by atoms with Gasteiger partial charge in [-0.3, -0.25) is 9.97 Å². The average Bonchev–Trinajstić information content (AvgIpc) is 2.73. The van der Waals surface area contributed by atoms with Crippen molar-refractivity contribution >= 4 is 21.8 Å². The van der Waals surface area contributed by atoms with Gasteiger partial charge in [-0.25, -0.2) is 0 Å². The lowest BCUT2D eigenvalue weighted by molar-refractivity contribution is 0.307. The third kappa shape index (κ3) is 5.62. The van der Waals surface area contributed by atoms with E-state index in [1.807, 2.05) is 26.0 Å². The van der Waals surface area contributed by atoms with E-state index < -0.39 is 0 Å². The molecule has 30 heavy (non-hydrogen) atoms. The summed E-state index contributed by atoms with van der Waals surface area (Å²) in [7, 11) is 0. The van der Waals surface area contributed by atoms with Crippen LogP contribution in [0.2, 0.25) is 0 Å². The second kappa shape index (κ2) is 11.1. The van der Waals surface area contributed by atoms with E-state index in [-0.39, 0.29) is 0 Å². The van der Waals surface area contributed by atoms with Crippen LogP contribution in [0.15, 0.2) is 24.3 Å². The molecule has 0 saturated carbocycles. The van der Waals surface area contributed by atoms with Crippen molar-refractivity contribution in [2.24, 2.45) is 0 Å². The number of nitrogens with zero attached hydrogens (tertiary/aromatic N) is 2. The van der Waals surface area contributed by atoms with Crippen LogP contribution < -0.4 is 9.47 Å². The van der Waals surface area contributed by atoms with E-state index in [1.54, 1.807) is 0 Å². The van der Waals surface area contributed by atoms with E-state index in [2.05, 4.69) is 26.0 Å². The fraction of sp³-hybridized carbons (Fsp3) is 0.538. The lowest BCUT2D eigenvalue weighted by Crippen LogP contribution is -2.02. The smallest absolute Gasteiger partial charge is 0.130 e. The Kier molecular flexibility index (Phi) is 8.30. The highest BCUT2D eigenvalue weighted by molar-refractivity contribution is 6.07. The fourth-order valence-electron chi connectivity index (χ4n) is 3.82.